The Morgan fingerprint density at radius 2 is 1.68 bits per heavy atom. The van der Waals surface area contributed by atoms with Crippen LogP contribution in [0.25, 0.3) is 5.69 Å². The van der Waals surface area contributed by atoms with Crippen LogP contribution in [0.1, 0.15) is 66.6 Å². The molecule has 0 unspecified atom stereocenters. The average molecular weight is 557 g/mol. The molecule has 1 heterocycles. The minimum Gasteiger partial charge on any atom is -0.466 e. The maximum absolute atomic E-state index is 13.5. The van der Waals surface area contributed by atoms with E-state index >= 15 is 0 Å². The molecule has 2 aromatic carbocycles. The topological polar surface area (TPSA) is 102 Å². The lowest BCUT2D eigenvalue weighted by Crippen LogP contribution is -2.29. The van der Waals surface area contributed by atoms with Gasteiger partial charge in [0.1, 0.15) is 0 Å². The monoisotopic (exact) mass is 556 g/mol. The van der Waals surface area contributed by atoms with Gasteiger partial charge in [0, 0.05) is 31.8 Å². The molecule has 8 nitrogen and oxygen atoms in total. The normalized spacial score (nSPS) is 17.2. The lowest BCUT2D eigenvalue weighted by molar-refractivity contribution is -0.143. The summed E-state index contributed by atoms with van der Waals surface area (Å²) in [5.41, 5.74) is 0.230. The third kappa shape index (κ3) is 7.71. The molecule has 2 N–H and O–H groups in total. The third-order valence-electron chi connectivity index (χ3n) is 6.92. The fourth-order valence-electron chi connectivity index (χ4n) is 4.81. The zero-order valence-electron chi connectivity index (χ0n) is 22.0. The van der Waals surface area contributed by atoms with E-state index < -0.39 is 23.3 Å². The van der Waals surface area contributed by atoms with E-state index in [0.29, 0.717) is 29.8 Å². The number of aromatic nitrogens is 2. The Bertz CT molecular complexity index is 1320. The van der Waals surface area contributed by atoms with Gasteiger partial charge in [0.25, 0.3) is 5.91 Å². The molecule has 0 atom stereocenters. The first kappa shape index (κ1) is 28.8. The Balaban J connectivity index is 1.26. The van der Waals surface area contributed by atoms with Crippen molar-refractivity contribution in [2.45, 2.75) is 51.1 Å². The van der Waals surface area contributed by atoms with Crippen molar-refractivity contribution in [3.63, 3.8) is 0 Å². The number of hydrogen-bond donors (Lipinski definition) is 2. The second-order valence-corrected chi connectivity index (χ2v) is 9.87. The van der Waals surface area contributed by atoms with E-state index in [1.54, 1.807) is 30.3 Å². The standard InChI is InChI=1S/C29H31F3N4O4/c1-19(37)40-18-20-7-9-21(10-8-20)22-11-13-23(14-12-22)34-26(38)15-16-33-28(39)25-17-36(24-5-3-2-4-6-24)35-27(25)29(30,31)32/h2-6,11-14,17,20-21H,7-10,15-16,18H2,1H3,(H,33,39)(H,34,38)/t20-,21-. The highest BCUT2D eigenvalue weighted by molar-refractivity contribution is 5.96. The van der Waals surface area contributed by atoms with Gasteiger partial charge >= 0.3 is 12.1 Å². The van der Waals surface area contributed by atoms with Gasteiger partial charge in [-0.2, -0.15) is 18.3 Å². The molecule has 0 spiro atoms. The fourth-order valence-corrected chi connectivity index (χ4v) is 4.81. The van der Waals surface area contributed by atoms with Gasteiger partial charge in [-0.3, -0.25) is 14.4 Å². The number of nitrogens with zero attached hydrogens (tertiary/aromatic N) is 2. The molecule has 212 valence electrons. The highest BCUT2D eigenvalue weighted by Gasteiger charge is 2.39. The molecule has 0 bridgehead atoms. The van der Waals surface area contributed by atoms with E-state index in [1.165, 1.54) is 12.5 Å². The van der Waals surface area contributed by atoms with Crippen molar-refractivity contribution >= 4 is 23.5 Å². The largest absolute Gasteiger partial charge is 0.466 e. The number of anilines is 1. The smallest absolute Gasteiger partial charge is 0.435 e. The van der Waals surface area contributed by atoms with Gasteiger partial charge in [-0.25, -0.2) is 4.68 Å². The number of para-hydroxylation sites is 1. The molecule has 4 rings (SSSR count). The summed E-state index contributed by atoms with van der Waals surface area (Å²) >= 11 is 0. The van der Waals surface area contributed by atoms with Gasteiger partial charge in [0.15, 0.2) is 5.69 Å². The van der Waals surface area contributed by atoms with Crippen LogP contribution in [0.5, 0.6) is 0 Å². The molecule has 0 radical (unpaired) electrons. The average Bonchev–Trinajstić information content (AvgIpc) is 3.40. The molecule has 0 saturated heterocycles. The maximum atomic E-state index is 13.5. The van der Waals surface area contributed by atoms with Crippen LogP contribution in [0, 0.1) is 5.92 Å². The minimum absolute atomic E-state index is 0.117. The number of rotatable bonds is 9. The molecule has 3 aromatic rings. The number of nitrogens with one attached hydrogen (secondary N) is 2. The van der Waals surface area contributed by atoms with Gasteiger partial charge in [-0.15, -0.1) is 0 Å². The Labute approximate surface area is 229 Å². The first-order chi connectivity index (χ1) is 19.1. The first-order valence-corrected chi connectivity index (χ1v) is 13.1. The first-order valence-electron chi connectivity index (χ1n) is 13.1. The van der Waals surface area contributed by atoms with Gasteiger partial charge < -0.3 is 15.4 Å². The Morgan fingerprint density at radius 3 is 2.30 bits per heavy atom. The molecule has 1 aliphatic carbocycles. The number of esters is 1. The number of amides is 2. The van der Waals surface area contributed by atoms with Crippen molar-refractivity contribution < 1.29 is 32.3 Å². The number of alkyl halides is 3. The summed E-state index contributed by atoms with van der Waals surface area (Å²) < 4.78 is 46.7. The summed E-state index contributed by atoms with van der Waals surface area (Å²) in [4.78, 5) is 35.9. The van der Waals surface area contributed by atoms with E-state index in [-0.39, 0.29) is 24.8 Å². The predicted octanol–water partition coefficient (Wildman–Crippen LogP) is 5.49. The van der Waals surface area contributed by atoms with E-state index in [9.17, 15) is 27.6 Å². The third-order valence-corrected chi connectivity index (χ3v) is 6.92. The molecule has 1 fully saturated rings. The van der Waals surface area contributed by atoms with Crippen LogP contribution in [0.2, 0.25) is 0 Å². The van der Waals surface area contributed by atoms with Gasteiger partial charge in [0.2, 0.25) is 5.91 Å². The zero-order chi connectivity index (χ0) is 28.7. The maximum Gasteiger partial charge on any atom is 0.435 e. The highest BCUT2D eigenvalue weighted by atomic mass is 19.4. The summed E-state index contributed by atoms with van der Waals surface area (Å²) in [6, 6.07) is 15.7. The summed E-state index contributed by atoms with van der Waals surface area (Å²) in [5.74, 6) is -0.807. The van der Waals surface area contributed by atoms with Crippen molar-refractivity contribution in [1.82, 2.24) is 15.1 Å². The highest BCUT2D eigenvalue weighted by Crippen LogP contribution is 2.36. The minimum atomic E-state index is -4.82. The fraction of sp³-hybridized carbons (Fsp3) is 0.379. The molecular weight excluding hydrogens is 525 g/mol. The van der Waals surface area contributed by atoms with E-state index in [1.807, 2.05) is 24.3 Å². The number of carbonyl (C=O) groups excluding carboxylic acids is 3. The number of ether oxygens (including phenoxy) is 1. The lowest BCUT2D eigenvalue weighted by Gasteiger charge is -2.28. The summed E-state index contributed by atoms with van der Waals surface area (Å²) in [5, 5.41) is 8.69. The van der Waals surface area contributed by atoms with Crippen LogP contribution < -0.4 is 10.6 Å². The van der Waals surface area contributed by atoms with Crippen molar-refractivity contribution in [2.75, 3.05) is 18.5 Å². The molecular formula is C29H31F3N4O4. The van der Waals surface area contributed by atoms with E-state index in [2.05, 4.69) is 15.7 Å². The summed E-state index contributed by atoms with van der Waals surface area (Å²) in [6.07, 6.45) is 0.0591. The Kier molecular flexibility index (Phi) is 9.23. The van der Waals surface area contributed by atoms with Crippen molar-refractivity contribution in [2.24, 2.45) is 5.92 Å². The van der Waals surface area contributed by atoms with Crippen LogP contribution in [0.15, 0.2) is 60.8 Å². The van der Waals surface area contributed by atoms with Crippen LogP contribution in [0.4, 0.5) is 18.9 Å². The van der Waals surface area contributed by atoms with Crippen molar-refractivity contribution in [1.29, 1.82) is 0 Å². The van der Waals surface area contributed by atoms with Crippen molar-refractivity contribution in [3.05, 3.63) is 77.6 Å². The lowest BCUT2D eigenvalue weighted by atomic mass is 9.79. The van der Waals surface area contributed by atoms with E-state index in [0.717, 1.165) is 36.6 Å². The Morgan fingerprint density at radius 1 is 1.00 bits per heavy atom. The molecule has 0 aliphatic heterocycles. The second kappa shape index (κ2) is 12.8. The SMILES string of the molecule is CC(=O)OC[C@H]1CC[C@H](c2ccc(NC(=O)CCNC(=O)c3cn(-c4ccccc4)nc3C(F)(F)F)cc2)CC1. The van der Waals surface area contributed by atoms with E-state index in [4.69, 9.17) is 4.74 Å². The Hall–Kier alpha value is -4.15. The number of benzene rings is 2. The molecule has 1 saturated carbocycles. The van der Waals surface area contributed by atoms with Crippen LogP contribution in [-0.4, -0.2) is 40.7 Å². The predicted molar refractivity (Wildman–Crippen MR) is 142 cm³/mol. The number of hydrogen-bond acceptors (Lipinski definition) is 5. The number of halogens is 3. The second-order valence-electron chi connectivity index (χ2n) is 9.87. The van der Waals surface area contributed by atoms with Crippen LogP contribution in [0.3, 0.4) is 0 Å². The van der Waals surface area contributed by atoms with Gasteiger partial charge in [-0.1, -0.05) is 30.3 Å². The molecule has 11 heteroatoms. The summed E-state index contributed by atoms with van der Waals surface area (Å²) in [7, 11) is 0. The van der Waals surface area contributed by atoms with Crippen LogP contribution in [-0.2, 0) is 20.5 Å². The molecule has 40 heavy (non-hydrogen) atoms. The molecule has 1 aliphatic rings. The zero-order valence-corrected chi connectivity index (χ0v) is 22.0. The molecule has 2 amide bonds. The summed E-state index contributed by atoms with van der Waals surface area (Å²) in [6.45, 7) is 1.74. The van der Waals surface area contributed by atoms with Crippen LogP contribution >= 0.6 is 0 Å². The quantitative estimate of drug-likeness (QED) is 0.340. The number of carbonyl (C=O) groups is 3. The molecule has 1 aromatic heterocycles. The van der Waals surface area contributed by atoms with Gasteiger partial charge in [-0.05, 0) is 67.3 Å². The van der Waals surface area contributed by atoms with Crippen molar-refractivity contribution in [3.8, 4) is 5.69 Å². The van der Waals surface area contributed by atoms with Gasteiger partial charge in [0.05, 0.1) is 17.9 Å².